The van der Waals surface area contributed by atoms with Crippen LogP contribution in [0.3, 0.4) is 0 Å². The highest BCUT2D eigenvalue weighted by molar-refractivity contribution is 7.91. The van der Waals surface area contributed by atoms with Crippen molar-refractivity contribution >= 4 is 50.2 Å². The summed E-state index contributed by atoms with van der Waals surface area (Å²) in [5, 5.41) is 3.43. The maximum Gasteiger partial charge on any atom is 0.297 e. The normalized spacial score (nSPS) is 27.1. The largest absolute Gasteiger partial charge is 0.459 e. The van der Waals surface area contributed by atoms with Gasteiger partial charge in [0, 0.05) is 38.7 Å². The van der Waals surface area contributed by atoms with Gasteiger partial charge in [0.2, 0.25) is 21.8 Å². The number of sulfonamides is 1. The lowest BCUT2D eigenvalue weighted by molar-refractivity contribution is -0.139. The van der Waals surface area contributed by atoms with E-state index in [2.05, 4.69) is 10.0 Å². The van der Waals surface area contributed by atoms with Gasteiger partial charge in [0.25, 0.3) is 11.9 Å². The summed E-state index contributed by atoms with van der Waals surface area (Å²) in [6.45, 7) is 5.72. The third-order valence-corrected chi connectivity index (χ3v) is 14.2. The van der Waals surface area contributed by atoms with E-state index >= 15 is 0 Å². The van der Waals surface area contributed by atoms with Crippen LogP contribution < -0.4 is 14.8 Å². The summed E-state index contributed by atoms with van der Waals surface area (Å²) in [4.78, 5) is 64.5. The maximum atomic E-state index is 14.7. The van der Waals surface area contributed by atoms with Gasteiger partial charge in [-0.05, 0) is 89.5 Å². The van der Waals surface area contributed by atoms with Crippen molar-refractivity contribution in [1.29, 1.82) is 0 Å². The second-order valence-electron chi connectivity index (χ2n) is 16.8. The van der Waals surface area contributed by atoms with Crippen LogP contribution in [-0.2, 0) is 24.4 Å². The molecular weight excluding hydrogens is 733 g/mol. The van der Waals surface area contributed by atoms with Gasteiger partial charge in [-0.2, -0.15) is 4.98 Å². The SMILES string of the molecule is CC(C)n1c(O[C@@H]2C[C@H]3C(=O)C[C@]4(C(=O)NS(=O)(=O)C5(C)CC5)C[C@H]4/C=C\CCCCC[C@H](Nc4ccccc4)C(=O)N3C2)nc2c(C(=O)N(C)C)cccc21. The van der Waals surface area contributed by atoms with Gasteiger partial charge in [-0.15, -0.1) is 0 Å². The van der Waals surface area contributed by atoms with Gasteiger partial charge >= 0.3 is 0 Å². The first-order chi connectivity index (χ1) is 26.6. The molecule has 3 amide bonds. The Morgan fingerprint density at radius 3 is 2.46 bits per heavy atom. The Balaban J connectivity index is 1.23. The molecule has 2 aliphatic heterocycles. The summed E-state index contributed by atoms with van der Waals surface area (Å²) in [5.41, 5.74) is 1.22. The van der Waals surface area contributed by atoms with Crippen molar-refractivity contribution in [3.63, 3.8) is 0 Å². The monoisotopic (exact) mass is 786 g/mol. The van der Waals surface area contributed by atoms with Gasteiger partial charge in [-0.3, -0.25) is 28.5 Å². The average molecular weight is 787 g/mol. The topological polar surface area (TPSA) is 160 Å². The number of carbonyl (C=O) groups is 4. The Morgan fingerprint density at radius 1 is 1.02 bits per heavy atom. The number of ether oxygens (including phenoxy) is 1. The summed E-state index contributed by atoms with van der Waals surface area (Å²) in [6.07, 6.45) is 8.50. The number of benzene rings is 2. The van der Waals surface area contributed by atoms with Gasteiger partial charge < -0.3 is 19.9 Å². The van der Waals surface area contributed by atoms with E-state index < -0.39 is 44.3 Å². The molecule has 300 valence electrons. The number of nitrogens with zero attached hydrogens (tertiary/aromatic N) is 4. The van der Waals surface area contributed by atoms with Crippen LogP contribution in [0.15, 0.2) is 60.7 Å². The molecule has 0 radical (unpaired) electrons. The van der Waals surface area contributed by atoms with Crippen LogP contribution in [0.2, 0.25) is 0 Å². The molecule has 4 aliphatic rings. The summed E-state index contributed by atoms with van der Waals surface area (Å²) >= 11 is 0. The van der Waals surface area contributed by atoms with Gasteiger partial charge in [-0.1, -0.05) is 49.3 Å². The molecule has 2 saturated carbocycles. The first-order valence-electron chi connectivity index (χ1n) is 19.9. The minimum Gasteiger partial charge on any atom is -0.459 e. The molecular formula is C42H54N6O7S. The highest BCUT2D eigenvalue weighted by Gasteiger charge is 2.62. The second kappa shape index (κ2) is 15.3. The van der Waals surface area contributed by atoms with Crippen molar-refractivity contribution in [3.05, 3.63) is 66.2 Å². The number of para-hydroxylation sites is 2. The van der Waals surface area contributed by atoms with Crippen LogP contribution in [0.4, 0.5) is 5.69 Å². The second-order valence-corrected chi connectivity index (χ2v) is 19.0. The predicted molar refractivity (Wildman–Crippen MR) is 214 cm³/mol. The molecule has 2 aliphatic carbocycles. The van der Waals surface area contributed by atoms with Crippen LogP contribution in [0.25, 0.3) is 11.0 Å². The number of aromatic nitrogens is 2. The van der Waals surface area contributed by atoms with E-state index in [1.54, 1.807) is 32.0 Å². The number of rotatable bonds is 9. The predicted octanol–water partition coefficient (Wildman–Crippen LogP) is 5.63. The molecule has 0 bridgehead atoms. The van der Waals surface area contributed by atoms with Gasteiger partial charge in [-0.25, -0.2) is 8.42 Å². The molecule has 2 N–H and O–H groups in total. The summed E-state index contributed by atoms with van der Waals surface area (Å²) in [7, 11) is -0.561. The van der Waals surface area contributed by atoms with Gasteiger partial charge in [0.1, 0.15) is 17.7 Å². The zero-order valence-electron chi connectivity index (χ0n) is 33.0. The number of Topliss-reactive ketones (excluding diaryl/α,β-unsaturated/α-hetero) is 1. The Hall–Kier alpha value is -4.72. The zero-order chi connectivity index (χ0) is 40.0. The van der Waals surface area contributed by atoms with Crippen LogP contribution >= 0.6 is 0 Å². The quantitative estimate of drug-likeness (QED) is 0.262. The standard InChI is InChI=1S/C42H54N6O7S/c1-27(2)48-33-20-14-18-31(37(50)46(4)5)36(33)44-40(48)55-30-23-34-35(49)25-42(39(52)45-56(53,54)41(3)21-22-41)24-28(42)15-10-7-6-8-13-19-32(38(51)47(34)26-30)43-29-16-11-9-12-17-29/h9-12,14-18,20,27-28,30,32,34,43H,6-8,13,19,21-26H2,1-5H3,(H,45,52)/b15-10-/t28-,30-,32+,34+,42-/m1/s1. The fraction of sp³-hybridized carbons (Fsp3) is 0.548. The molecule has 3 aromatic rings. The summed E-state index contributed by atoms with van der Waals surface area (Å²) in [5.74, 6) is -1.69. The lowest BCUT2D eigenvalue weighted by Crippen LogP contribution is -2.49. The number of ketones is 1. The first kappa shape index (κ1) is 39.5. The number of imidazole rings is 1. The molecule has 1 saturated heterocycles. The number of nitrogens with one attached hydrogen (secondary N) is 2. The van der Waals surface area contributed by atoms with Crippen LogP contribution in [-0.4, -0.2) is 94.8 Å². The zero-order valence-corrected chi connectivity index (χ0v) is 33.8. The fourth-order valence-electron chi connectivity index (χ4n) is 8.26. The fourth-order valence-corrected chi connectivity index (χ4v) is 9.60. The van der Waals surface area contributed by atoms with E-state index in [1.807, 2.05) is 73.0 Å². The lowest BCUT2D eigenvalue weighted by atomic mass is 9.91. The van der Waals surface area contributed by atoms with Crippen molar-refractivity contribution in [2.45, 2.75) is 114 Å². The van der Waals surface area contributed by atoms with Crippen LogP contribution in [0.1, 0.15) is 101 Å². The molecule has 1 aromatic heterocycles. The number of anilines is 1. The first-order valence-corrected chi connectivity index (χ1v) is 21.4. The maximum absolute atomic E-state index is 14.7. The van der Waals surface area contributed by atoms with Crippen LogP contribution in [0.5, 0.6) is 6.01 Å². The molecule has 5 atom stereocenters. The van der Waals surface area contributed by atoms with E-state index in [0.717, 1.165) is 36.9 Å². The molecule has 56 heavy (non-hydrogen) atoms. The molecule has 0 spiro atoms. The highest BCUT2D eigenvalue weighted by Crippen LogP contribution is 2.57. The third-order valence-electron chi connectivity index (χ3n) is 12.1. The van der Waals surface area contributed by atoms with Crippen molar-refractivity contribution in [1.82, 2.24) is 24.1 Å². The Labute approximate surface area is 329 Å². The Kier molecular flexibility index (Phi) is 10.8. The molecule has 7 rings (SSSR count). The molecule has 2 aromatic carbocycles. The van der Waals surface area contributed by atoms with Gasteiger partial charge in [0.15, 0.2) is 5.78 Å². The number of fused-ring (bicyclic) bond motifs is 3. The molecule has 14 heteroatoms. The minimum atomic E-state index is -3.93. The number of carbonyl (C=O) groups excluding carboxylic acids is 4. The number of hydrogen-bond donors (Lipinski definition) is 2. The summed E-state index contributed by atoms with van der Waals surface area (Å²) in [6, 6.07) is 13.6. The van der Waals surface area contributed by atoms with Crippen molar-refractivity contribution in [2.75, 3.05) is 26.0 Å². The highest BCUT2D eigenvalue weighted by atomic mass is 32.2. The lowest BCUT2D eigenvalue weighted by Gasteiger charge is -2.30. The Morgan fingerprint density at radius 2 is 1.77 bits per heavy atom. The average Bonchev–Trinajstić information content (AvgIpc) is 3.98. The van der Waals surface area contributed by atoms with E-state index in [4.69, 9.17) is 9.72 Å². The van der Waals surface area contributed by atoms with Crippen LogP contribution in [0, 0.1) is 11.3 Å². The van der Waals surface area contributed by atoms with Gasteiger partial charge in [0.05, 0.1) is 33.8 Å². The van der Waals surface area contributed by atoms with E-state index in [-0.39, 0.29) is 55.0 Å². The van der Waals surface area contributed by atoms with E-state index in [9.17, 15) is 27.6 Å². The third kappa shape index (κ3) is 7.68. The van der Waals surface area contributed by atoms with Crippen molar-refractivity contribution < 1.29 is 32.3 Å². The van der Waals surface area contributed by atoms with E-state index in [1.165, 1.54) is 4.90 Å². The smallest absolute Gasteiger partial charge is 0.297 e. The summed E-state index contributed by atoms with van der Waals surface area (Å²) < 4.78 is 36.4. The number of hydrogen-bond acceptors (Lipinski definition) is 9. The van der Waals surface area contributed by atoms with E-state index in [0.29, 0.717) is 36.8 Å². The molecule has 3 heterocycles. The Bertz CT molecular complexity index is 2140. The van der Waals surface area contributed by atoms with Crippen molar-refractivity contribution in [2.24, 2.45) is 11.3 Å². The molecule has 0 unspecified atom stereocenters. The van der Waals surface area contributed by atoms with Crippen molar-refractivity contribution in [3.8, 4) is 6.01 Å². The molecule has 3 fully saturated rings. The number of amides is 3. The number of allylic oxidation sites excluding steroid dienone is 2. The minimum absolute atomic E-state index is 0.0957. The molecule has 13 nitrogen and oxygen atoms in total.